The monoisotopic (exact) mass is 438 g/mol. The molecule has 4 rings (SSSR count). The number of carbonyl (C=O) groups excluding carboxylic acids is 2. The second kappa shape index (κ2) is 9.20. The highest BCUT2D eigenvalue weighted by atomic mass is 16.5. The number of rotatable bonds is 7. The second-order valence-corrected chi connectivity index (χ2v) is 8.34. The van der Waals surface area contributed by atoms with Crippen LogP contribution in [0.5, 0.6) is 11.5 Å². The summed E-state index contributed by atoms with van der Waals surface area (Å²) in [6.45, 7) is 0.892. The zero-order valence-electron chi connectivity index (χ0n) is 18.8. The maximum atomic E-state index is 13.8. The van der Waals surface area contributed by atoms with Crippen molar-refractivity contribution < 1.29 is 23.8 Å². The average molecular weight is 439 g/mol. The molecule has 2 aromatic carbocycles. The van der Waals surface area contributed by atoms with E-state index in [0.717, 1.165) is 31.2 Å². The van der Waals surface area contributed by atoms with E-state index in [4.69, 9.17) is 14.2 Å². The normalized spacial score (nSPS) is 19.0. The topological polar surface area (TPSA) is 77.1 Å². The predicted molar refractivity (Wildman–Crippen MR) is 121 cm³/mol. The van der Waals surface area contributed by atoms with Gasteiger partial charge in [-0.1, -0.05) is 31.0 Å². The number of nitrogens with zero attached hydrogens (tertiary/aromatic N) is 1. The molecule has 1 N–H and O–H groups in total. The third-order valence-corrected chi connectivity index (χ3v) is 6.72. The first-order chi connectivity index (χ1) is 15.6. The van der Waals surface area contributed by atoms with E-state index in [2.05, 4.69) is 5.32 Å². The minimum atomic E-state index is -0.551. The molecule has 0 bridgehead atoms. The van der Waals surface area contributed by atoms with Crippen molar-refractivity contribution in [3.05, 3.63) is 53.6 Å². The van der Waals surface area contributed by atoms with E-state index in [0.29, 0.717) is 35.9 Å². The summed E-state index contributed by atoms with van der Waals surface area (Å²) in [7, 11) is 4.77. The Kier molecular flexibility index (Phi) is 6.37. The zero-order chi connectivity index (χ0) is 22.7. The van der Waals surface area contributed by atoms with Gasteiger partial charge in [-0.2, -0.15) is 0 Å². The number of fused-ring (bicyclic) bond motifs is 1. The largest absolute Gasteiger partial charge is 0.493 e. The van der Waals surface area contributed by atoms with E-state index in [1.54, 1.807) is 39.5 Å². The van der Waals surface area contributed by atoms with Crippen molar-refractivity contribution in [2.24, 2.45) is 0 Å². The molecular weight excluding hydrogens is 408 g/mol. The molecule has 1 unspecified atom stereocenters. The van der Waals surface area contributed by atoms with Gasteiger partial charge < -0.3 is 24.4 Å². The molecule has 1 spiro atoms. The van der Waals surface area contributed by atoms with E-state index >= 15 is 0 Å². The number of benzene rings is 2. The number of amides is 2. The SMILES string of the molecule is COCCN1C(=O)c2ccccc2C(C(=O)Nc2ccc(OC)c(OC)c2)C12CCCC2. The highest BCUT2D eigenvalue weighted by Crippen LogP contribution is 2.50. The summed E-state index contributed by atoms with van der Waals surface area (Å²) in [5.41, 5.74) is 1.46. The summed E-state index contributed by atoms with van der Waals surface area (Å²) in [4.78, 5) is 29.2. The van der Waals surface area contributed by atoms with Crippen LogP contribution in [-0.4, -0.2) is 56.7 Å². The lowest BCUT2D eigenvalue weighted by atomic mass is 9.71. The highest BCUT2D eigenvalue weighted by Gasteiger charge is 2.55. The van der Waals surface area contributed by atoms with Crippen LogP contribution in [0.1, 0.15) is 47.5 Å². The van der Waals surface area contributed by atoms with Crippen molar-refractivity contribution in [3.63, 3.8) is 0 Å². The minimum Gasteiger partial charge on any atom is -0.493 e. The molecule has 2 aliphatic rings. The molecule has 2 aromatic rings. The first-order valence-electron chi connectivity index (χ1n) is 11.0. The van der Waals surface area contributed by atoms with Crippen molar-refractivity contribution in [1.82, 2.24) is 4.90 Å². The third kappa shape index (κ3) is 3.71. The Morgan fingerprint density at radius 3 is 2.47 bits per heavy atom. The predicted octanol–water partition coefficient (Wildman–Crippen LogP) is 3.84. The number of anilines is 1. The van der Waals surface area contributed by atoms with Crippen LogP contribution < -0.4 is 14.8 Å². The Labute approximate surface area is 188 Å². The van der Waals surface area contributed by atoms with Crippen LogP contribution in [0.3, 0.4) is 0 Å². The van der Waals surface area contributed by atoms with E-state index in [9.17, 15) is 9.59 Å². The standard InChI is InChI=1S/C25H30N2O5/c1-30-15-14-27-24(29)19-9-5-4-8-18(19)22(25(27)12-6-7-13-25)23(28)26-17-10-11-20(31-2)21(16-17)32-3/h4-5,8-11,16,22H,6-7,12-15H2,1-3H3,(H,26,28). The van der Waals surface area contributed by atoms with Crippen LogP contribution in [-0.2, 0) is 9.53 Å². The van der Waals surface area contributed by atoms with Crippen LogP contribution >= 0.6 is 0 Å². The average Bonchev–Trinajstić information content (AvgIpc) is 3.28. The zero-order valence-corrected chi connectivity index (χ0v) is 18.8. The van der Waals surface area contributed by atoms with Crippen molar-refractivity contribution in [2.45, 2.75) is 37.1 Å². The Hall–Kier alpha value is -3.06. The van der Waals surface area contributed by atoms with E-state index in [-0.39, 0.29) is 11.8 Å². The van der Waals surface area contributed by atoms with Crippen molar-refractivity contribution in [1.29, 1.82) is 0 Å². The van der Waals surface area contributed by atoms with E-state index in [1.807, 2.05) is 29.2 Å². The highest BCUT2D eigenvalue weighted by molar-refractivity contribution is 6.05. The van der Waals surface area contributed by atoms with Gasteiger partial charge in [0.25, 0.3) is 5.91 Å². The van der Waals surface area contributed by atoms with E-state index in [1.165, 1.54) is 0 Å². The van der Waals surface area contributed by atoms with Crippen LogP contribution in [0.15, 0.2) is 42.5 Å². The Balaban J connectivity index is 1.75. The van der Waals surface area contributed by atoms with Crippen molar-refractivity contribution in [3.8, 4) is 11.5 Å². The lowest BCUT2D eigenvalue weighted by molar-refractivity contribution is -0.121. The van der Waals surface area contributed by atoms with E-state index < -0.39 is 11.5 Å². The summed E-state index contributed by atoms with van der Waals surface area (Å²) >= 11 is 0. The van der Waals surface area contributed by atoms with Gasteiger partial charge in [-0.3, -0.25) is 9.59 Å². The van der Waals surface area contributed by atoms with Crippen molar-refractivity contribution in [2.75, 3.05) is 39.8 Å². The van der Waals surface area contributed by atoms with Gasteiger partial charge in [0.15, 0.2) is 11.5 Å². The quantitative estimate of drug-likeness (QED) is 0.711. The molecule has 7 nitrogen and oxygen atoms in total. The molecule has 7 heteroatoms. The summed E-state index contributed by atoms with van der Waals surface area (Å²) in [5, 5.41) is 3.08. The first-order valence-corrected chi connectivity index (χ1v) is 11.0. The fourth-order valence-electron chi connectivity index (χ4n) is 5.30. The lowest BCUT2D eigenvalue weighted by Crippen LogP contribution is -2.60. The summed E-state index contributed by atoms with van der Waals surface area (Å²) < 4.78 is 16.0. The molecule has 0 aromatic heterocycles. The van der Waals surface area contributed by atoms with Gasteiger partial charge in [0.2, 0.25) is 5.91 Å². The van der Waals surface area contributed by atoms with Gasteiger partial charge >= 0.3 is 0 Å². The number of ether oxygens (including phenoxy) is 3. The van der Waals surface area contributed by atoms with Gasteiger partial charge in [0.05, 0.1) is 32.3 Å². The second-order valence-electron chi connectivity index (χ2n) is 8.34. The van der Waals surface area contributed by atoms with Crippen LogP contribution in [0.25, 0.3) is 0 Å². The van der Waals surface area contributed by atoms with Gasteiger partial charge in [-0.25, -0.2) is 0 Å². The molecule has 2 amide bonds. The summed E-state index contributed by atoms with van der Waals surface area (Å²) in [6, 6.07) is 12.8. The third-order valence-electron chi connectivity index (χ3n) is 6.72. The van der Waals surface area contributed by atoms with Crippen molar-refractivity contribution >= 4 is 17.5 Å². The molecule has 32 heavy (non-hydrogen) atoms. The van der Waals surface area contributed by atoms with Gasteiger partial charge in [-0.05, 0) is 36.6 Å². The van der Waals surface area contributed by atoms with Crippen LogP contribution in [0.2, 0.25) is 0 Å². The number of nitrogens with one attached hydrogen (secondary N) is 1. The Bertz CT molecular complexity index is 1000. The molecule has 1 aliphatic carbocycles. The van der Waals surface area contributed by atoms with Gasteiger partial charge in [0, 0.05) is 31.0 Å². The molecular formula is C25H30N2O5. The molecule has 1 heterocycles. The molecule has 1 atom stereocenters. The summed E-state index contributed by atoms with van der Waals surface area (Å²) in [6.07, 6.45) is 3.56. The van der Waals surface area contributed by atoms with Crippen LogP contribution in [0, 0.1) is 0 Å². The summed E-state index contributed by atoms with van der Waals surface area (Å²) in [5.74, 6) is 0.527. The molecule has 0 radical (unpaired) electrons. The number of carbonyl (C=O) groups is 2. The van der Waals surface area contributed by atoms with Gasteiger partial charge in [0.1, 0.15) is 0 Å². The van der Waals surface area contributed by atoms with Gasteiger partial charge in [-0.15, -0.1) is 0 Å². The molecule has 1 aliphatic heterocycles. The lowest BCUT2D eigenvalue weighted by Gasteiger charge is -2.50. The Morgan fingerprint density at radius 2 is 1.78 bits per heavy atom. The molecule has 1 fully saturated rings. The smallest absolute Gasteiger partial charge is 0.254 e. The maximum absolute atomic E-state index is 13.8. The molecule has 170 valence electrons. The maximum Gasteiger partial charge on any atom is 0.254 e. The number of methoxy groups -OCH3 is 3. The number of hydrogen-bond acceptors (Lipinski definition) is 5. The molecule has 0 saturated heterocycles. The number of hydrogen-bond donors (Lipinski definition) is 1. The fourth-order valence-corrected chi connectivity index (χ4v) is 5.30. The minimum absolute atomic E-state index is 0.0188. The Morgan fingerprint density at radius 1 is 1.06 bits per heavy atom. The fraction of sp³-hybridized carbons (Fsp3) is 0.440. The first kappa shape index (κ1) is 22.1. The van der Waals surface area contributed by atoms with Crippen LogP contribution in [0.4, 0.5) is 5.69 Å². The molecule has 1 saturated carbocycles.